The molecule has 0 radical (unpaired) electrons. The lowest BCUT2D eigenvalue weighted by Crippen LogP contribution is -2.43. The van der Waals surface area contributed by atoms with Crippen molar-refractivity contribution >= 4 is 47.8 Å². The number of aromatic nitrogens is 6. The van der Waals surface area contributed by atoms with Crippen LogP contribution in [0.3, 0.4) is 0 Å². The zero-order valence-corrected chi connectivity index (χ0v) is 28.4. The number of halogens is 1. The maximum Gasteiger partial charge on any atom is 0.315 e. The third-order valence-corrected chi connectivity index (χ3v) is 11.4. The van der Waals surface area contributed by atoms with Gasteiger partial charge in [-0.3, -0.25) is 9.67 Å². The molecule has 7 rings (SSSR count). The number of carbonyl (C=O) groups excluding carboxylic acids is 1. The molecule has 13 heteroatoms. The molecule has 4 heterocycles. The lowest BCUT2D eigenvalue weighted by atomic mass is 9.95. The summed E-state index contributed by atoms with van der Waals surface area (Å²) in [5.74, 6) is 2.95. The highest BCUT2D eigenvalue weighted by molar-refractivity contribution is 6.76. The number of primary amides is 1. The van der Waals surface area contributed by atoms with Gasteiger partial charge in [-0.2, -0.15) is 5.10 Å². The van der Waals surface area contributed by atoms with Crippen molar-refractivity contribution < 1.29 is 14.3 Å². The number of fused-ring (bicyclic) bond motifs is 4. The first-order valence-corrected chi connectivity index (χ1v) is 19.9. The zero-order chi connectivity index (χ0) is 32.2. The summed E-state index contributed by atoms with van der Waals surface area (Å²) in [4.78, 5) is 27.7. The predicted molar refractivity (Wildman–Crippen MR) is 181 cm³/mol. The number of aryl methyl sites for hydroxylation is 1. The number of ether oxygens (including phenoxy) is 2. The molecule has 11 nitrogen and oxygen atoms in total. The molecule has 3 aromatic heterocycles. The molecular weight excluding hydrogens is 620 g/mol. The van der Waals surface area contributed by atoms with Crippen molar-refractivity contribution in [2.45, 2.75) is 64.8 Å². The van der Waals surface area contributed by atoms with Gasteiger partial charge in [-0.25, -0.2) is 14.8 Å². The van der Waals surface area contributed by atoms with Gasteiger partial charge in [0.1, 0.15) is 34.6 Å². The Morgan fingerprint density at radius 3 is 2.70 bits per heavy atom. The fraction of sp³-hybridized carbons (Fsp3) is 0.424. The van der Waals surface area contributed by atoms with E-state index in [4.69, 9.17) is 36.8 Å². The average molecular weight is 659 g/mol. The lowest BCUT2D eigenvalue weighted by molar-refractivity contribution is 0.0885. The van der Waals surface area contributed by atoms with Gasteiger partial charge in [-0.15, -0.1) is 0 Å². The van der Waals surface area contributed by atoms with Crippen molar-refractivity contribution in [2.75, 3.05) is 13.2 Å². The molecule has 2 amide bonds. The Balaban J connectivity index is 1.07. The number of likely N-dealkylation sites (tertiary alicyclic amines) is 1. The van der Waals surface area contributed by atoms with Gasteiger partial charge in [0.15, 0.2) is 0 Å². The average Bonchev–Trinajstić information content (AvgIpc) is 3.80. The van der Waals surface area contributed by atoms with Crippen LogP contribution in [-0.2, 0) is 18.0 Å². The second kappa shape index (κ2) is 12.0. The molecule has 3 atom stereocenters. The van der Waals surface area contributed by atoms with Gasteiger partial charge in [0.25, 0.3) is 0 Å². The SMILES string of the molecule is Cc1nc2ccc(Oc3ccc4ncc(-c5cnn(CC6CC7CC6CN7C(N)=O)c5)nc4c3Cl)cc2n1COCC[Si](C)(C)C. The second-order valence-corrected chi connectivity index (χ2v) is 19.8. The molecule has 2 N–H and O–H groups in total. The second-order valence-electron chi connectivity index (χ2n) is 13.8. The predicted octanol–water partition coefficient (Wildman–Crippen LogP) is 6.70. The van der Waals surface area contributed by atoms with E-state index in [1.54, 1.807) is 6.20 Å². The van der Waals surface area contributed by atoms with Gasteiger partial charge in [0, 0.05) is 51.6 Å². The number of imidazole rings is 1. The maximum absolute atomic E-state index is 11.7. The van der Waals surface area contributed by atoms with E-state index in [1.165, 1.54) is 0 Å². The fourth-order valence-electron chi connectivity index (χ4n) is 6.74. The molecule has 5 aromatic rings. The first-order chi connectivity index (χ1) is 22.0. The van der Waals surface area contributed by atoms with E-state index in [2.05, 4.69) is 34.3 Å². The van der Waals surface area contributed by atoms with Gasteiger partial charge in [0.05, 0.1) is 34.6 Å². The maximum atomic E-state index is 11.7. The van der Waals surface area contributed by atoms with Crippen molar-refractivity contribution in [3.05, 3.63) is 59.8 Å². The third kappa shape index (κ3) is 6.08. The first-order valence-electron chi connectivity index (χ1n) is 15.8. The van der Waals surface area contributed by atoms with E-state index < -0.39 is 8.07 Å². The highest BCUT2D eigenvalue weighted by atomic mass is 35.5. The smallest absolute Gasteiger partial charge is 0.315 e. The Kier molecular flexibility index (Phi) is 7.98. The van der Waals surface area contributed by atoms with Crippen LogP contribution in [0.2, 0.25) is 30.7 Å². The number of urea groups is 1. The molecule has 1 aliphatic carbocycles. The Bertz CT molecular complexity index is 1940. The van der Waals surface area contributed by atoms with E-state index in [-0.39, 0.29) is 12.1 Å². The minimum atomic E-state index is -1.17. The van der Waals surface area contributed by atoms with Crippen LogP contribution in [0.4, 0.5) is 4.79 Å². The number of piperidine rings is 1. The number of amides is 2. The van der Waals surface area contributed by atoms with Crippen LogP contribution in [0.25, 0.3) is 33.3 Å². The molecule has 2 aromatic carbocycles. The molecule has 2 fully saturated rings. The van der Waals surface area contributed by atoms with Crippen LogP contribution in [0.1, 0.15) is 18.7 Å². The minimum Gasteiger partial charge on any atom is -0.456 e. The van der Waals surface area contributed by atoms with Gasteiger partial charge < -0.3 is 24.7 Å². The van der Waals surface area contributed by atoms with Crippen LogP contribution >= 0.6 is 11.6 Å². The van der Waals surface area contributed by atoms with Crippen molar-refractivity contribution in [1.29, 1.82) is 0 Å². The summed E-state index contributed by atoms with van der Waals surface area (Å²) in [6.45, 7) is 11.7. The number of nitrogens with two attached hydrogens (primary N) is 1. The zero-order valence-electron chi connectivity index (χ0n) is 26.6. The Morgan fingerprint density at radius 2 is 1.93 bits per heavy atom. The van der Waals surface area contributed by atoms with Gasteiger partial charge in [-0.05, 0) is 61.9 Å². The topological polar surface area (TPSA) is 126 Å². The molecule has 1 saturated heterocycles. The number of nitrogens with zero attached hydrogens (tertiary/aromatic N) is 7. The summed E-state index contributed by atoms with van der Waals surface area (Å²) in [5.41, 5.74) is 10.1. The van der Waals surface area contributed by atoms with E-state index >= 15 is 0 Å². The number of hydrogen-bond acceptors (Lipinski definition) is 7. The molecule has 46 heavy (non-hydrogen) atoms. The van der Waals surface area contributed by atoms with Crippen LogP contribution in [-0.4, -0.2) is 67.5 Å². The standard InChI is InChI=1S/C33H39ClN8O3Si/c1-20-38-26-6-5-25(13-29(26)42(20)19-44-9-10-46(2,3)4)45-30-8-7-27-32(31(30)34)39-28(15-36-27)23-14-37-40(17-23)16-21-11-24-12-22(21)18-41(24)33(35)43/h5-8,13-15,17,21-22,24H,9-12,16,18-19H2,1-4H3,(H2,35,43). The van der Waals surface area contributed by atoms with Crippen LogP contribution in [0.15, 0.2) is 48.9 Å². The van der Waals surface area contributed by atoms with E-state index in [9.17, 15) is 4.79 Å². The Morgan fingerprint density at radius 1 is 1.11 bits per heavy atom. The molecule has 3 unspecified atom stereocenters. The summed E-state index contributed by atoms with van der Waals surface area (Å²) in [6, 6.07) is 10.5. The van der Waals surface area contributed by atoms with Crippen molar-refractivity contribution in [3.63, 3.8) is 0 Å². The number of carbonyl (C=O) groups is 1. The number of hydrogen-bond donors (Lipinski definition) is 1. The first kappa shape index (κ1) is 30.6. The fourth-order valence-corrected chi connectivity index (χ4v) is 7.74. The van der Waals surface area contributed by atoms with E-state index in [0.717, 1.165) is 61.0 Å². The highest BCUT2D eigenvalue weighted by Gasteiger charge is 2.46. The van der Waals surface area contributed by atoms with E-state index in [0.29, 0.717) is 51.8 Å². The van der Waals surface area contributed by atoms with Gasteiger partial charge >= 0.3 is 6.03 Å². The number of benzene rings is 2. The highest BCUT2D eigenvalue weighted by Crippen LogP contribution is 2.43. The summed E-state index contributed by atoms with van der Waals surface area (Å²) in [6.07, 6.45) is 7.52. The van der Waals surface area contributed by atoms with Crippen LogP contribution in [0.5, 0.6) is 11.5 Å². The lowest BCUT2D eigenvalue weighted by Gasteiger charge is -2.30. The van der Waals surface area contributed by atoms with Crippen molar-refractivity contribution in [3.8, 4) is 22.8 Å². The molecule has 2 bridgehead atoms. The van der Waals surface area contributed by atoms with Gasteiger partial charge in [-0.1, -0.05) is 31.2 Å². The third-order valence-electron chi connectivity index (χ3n) is 9.29. The summed E-state index contributed by atoms with van der Waals surface area (Å²) in [5, 5.41) is 5.00. The molecule has 1 saturated carbocycles. The van der Waals surface area contributed by atoms with Gasteiger partial charge in [0.2, 0.25) is 0 Å². The quantitative estimate of drug-likeness (QED) is 0.131. The molecule has 240 valence electrons. The Labute approximate surface area is 273 Å². The monoisotopic (exact) mass is 658 g/mol. The largest absolute Gasteiger partial charge is 0.456 e. The normalized spacial score (nSPS) is 19.5. The summed E-state index contributed by atoms with van der Waals surface area (Å²) < 4.78 is 16.4. The summed E-state index contributed by atoms with van der Waals surface area (Å²) >= 11 is 6.90. The van der Waals surface area contributed by atoms with Crippen LogP contribution in [0, 0.1) is 18.8 Å². The van der Waals surface area contributed by atoms with E-state index in [1.807, 2.05) is 59.2 Å². The minimum absolute atomic E-state index is 0.249. The van der Waals surface area contributed by atoms with Crippen molar-refractivity contribution in [2.24, 2.45) is 17.6 Å². The Hall–Kier alpha value is -4.00. The molecule has 0 spiro atoms. The van der Waals surface area contributed by atoms with Crippen LogP contribution < -0.4 is 10.5 Å². The van der Waals surface area contributed by atoms with Crippen molar-refractivity contribution in [1.82, 2.24) is 34.2 Å². The molecular formula is C33H39ClN8O3Si. The number of rotatable bonds is 10. The summed E-state index contributed by atoms with van der Waals surface area (Å²) in [7, 11) is -1.17. The molecule has 2 aliphatic rings. The molecule has 1 aliphatic heterocycles.